The number of amides is 1. The van der Waals surface area contributed by atoms with Crippen LogP contribution in [0.15, 0.2) is 6.20 Å². The van der Waals surface area contributed by atoms with Crippen LogP contribution in [0.4, 0.5) is 5.69 Å². The highest BCUT2D eigenvalue weighted by Crippen LogP contribution is 2.48. The summed E-state index contributed by atoms with van der Waals surface area (Å²) >= 11 is 0. The van der Waals surface area contributed by atoms with E-state index in [0.29, 0.717) is 23.8 Å². The van der Waals surface area contributed by atoms with Gasteiger partial charge < -0.3 is 10.6 Å². The molecule has 20 heavy (non-hydrogen) atoms. The van der Waals surface area contributed by atoms with Crippen molar-refractivity contribution in [2.24, 2.45) is 17.8 Å². The highest BCUT2D eigenvalue weighted by Gasteiger charge is 2.40. The van der Waals surface area contributed by atoms with Crippen LogP contribution in [0.1, 0.15) is 43.1 Å². The Morgan fingerprint density at radius 1 is 1.50 bits per heavy atom. The smallest absolute Gasteiger partial charge is 0.274 e. The zero-order valence-corrected chi connectivity index (χ0v) is 12.4. The molecule has 5 heteroatoms. The van der Waals surface area contributed by atoms with E-state index in [1.165, 1.54) is 25.7 Å². The van der Waals surface area contributed by atoms with E-state index >= 15 is 0 Å². The zero-order chi connectivity index (χ0) is 14.3. The normalized spacial score (nSPS) is 28.0. The summed E-state index contributed by atoms with van der Waals surface area (Å²) in [5.41, 5.74) is 6.92. The Morgan fingerprint density at radius 2 is 2.30 bits per heavy atom. The standard InChI is InChI=1S/C15H24N4O/c1-3-19-14(13(16)8-17-19)15(20)18(2)9-12-7-10-4-5-11(12)6-10/h8,10-12H,3-7,9,16H2,1-2H3. The first-order chi connectivity index (χ1) is 9.60. The molecule has 1 aromatic rings. The van der Waals surface area contributed by atoms with Crippen molar-refractivity contribution < 1.29 is 4.79 Å². The zero-order valence-electron chi connectivity index (χ0n) is 12.4. The van der Waals surface area contributed by atoms with Crippen molar-refractivity contribution in [3.05, 3.63) is 11.9 Å². The Kier molecular flexibility index (Phi) is 3.44. The predicted molar refractivity (Wildman–Crippen MR) is 78.2 cm³/mol. The van der Waals surface area contributed by atoms with E-state index in [4.69, 9.17) is 5.73 Å². The fourth-order valence-electron chi connectivity index (χ4n) is 4.09. The van der Waals surface area contributed by atoms with Crippen LogP contribution in [0.25, 0.3) is 0 Å². The Balaban J connectivity index is 1.69. The monoisotopic (exact) mass is 276 g/mol. The second-order valence-corrected chi connectivity index (χ2v) is 6.38. The third-order valence-electron chi connectivity index (χ3n) is 5.11. The third-order valence-corrected chi connectivity index (χ3v) is 5.11. The Morgan fingerprint density at radius 3 is 2.90 bits per heavy atom. The van der Waals surface area contributed by atoms with E-state index in [0.717, 1.165) is 18.4 Å². The molecule has 0 radical (unpaired) electrons. The highest BCUT2D eigenvalue weighted by atomic mass is 16.2. The van der Waals surface area contributed by atoms with Crippen molar-refractivity contribution in [2.75, 3.05) is 19.3 Å². The van der Waals surface area contributed by atoms with Gasteiger partial charge in [0.05, 0.1) is 11.9 Å². The average Bonchev–Trinajstić information content (AvgIpc) is 3.12. The summed E-state index contributed by atoms with van der Waals surface area (Å²) in [5, 5.41) is 4.15. The van der Waals surface area contributed by atoms with Gasteiger partial charge in [-0.2, -0.15) is 5.10 Å². The van der Waals surface area contributed by atoms with Crippen molar-refractivity contribution in [3.8, 4) is 0 Å². The quantitative estimate of drug-likeness (QED) is 0.914. The third kappa shape index (κ3) is 2.19. The van der Waals surface area contributed by atoms with E-state index in [9.17, 15) is 4.79 Å². The molecule has 2 N–H and O–H groups in total. The van der Waals surface area contributed by atoms with Crippen LogP contribution < -0.4 is 5.73 Å². The molecular weight excluding hydrogens is 252 g/mol. The maximum atomic E-state index is 12.6. The number of nitrogens with two attached hydrogens (primary N) is 1. The first kappa shape index (κ1) is 13.5. The van der Waals surface area contributed by atoms with Crippen molar-refractivity contribution >= 4 is 11.6 Å². The summed E-state index contributed by atoms with van der Waals surface area (Å²) in [6, 6.07) is 0. The van der Waals surface area contributed by atoms with E-state index in [1.807, 2.05) is 18.9 Å². The van der Waals surface area contributed by atoms with Crippen molar-refractivity contribution in [1.82, 2.24) is 14.7 Å². The van der Waals surface area contributed by atoms with Gasteiger partial charge in [-0.1, -0.05) is 6.42 Å². The number of aryl methyl sites for hydroxylation is 1. The van der Waals surface area contributed by atoms with Gasteiger partial charge in [-0.05, 0) is 43.9 Å². The molecule has 2 fully saturated rings. The Bertz CT molecular complexity index is 510. The first-order valence-electron chi connectivity index (χ1n) is 7.66. The number of rotatable bonds is 4. The van der Waals surface area contributed by atoms with E-state index in [-0.39, 0.29) is 5.91 Å². The molecule has 0 saturated heterocycles. The molecule has 2 bridgehead atoms. The predicted octanol–water partition coefficient (Wildman–Crippen LogP) is 1.99. The van der Waals surface area contributed by atoms with Crippen LogP contribution >= 0.6 is 0 Å². The largest absolute Gasteiger partial charge is 0.396 e. The number of aromatic nitrogens is 2. The fraction of sp³-hybridized carbons (Fsp3) is 0.733. The lowest BCUT2D eigenvalue weighted by Gasteiger charge is -2.27. The van der Waals surface area contributed by atoms with Gasteiger partial charge >= 0.3 is 0 Å². The van der Waals surface area contributed by atoms with E-state index < -0.39 is 0 Å². The summed E-state index contributed by atoms with van der Waals surface area (Å²) in [4.78, 5) is 14.4. The molecule has 3 unspecified atom stereocenters. The van der Waals surface area contributed by atoms with E-state index in [2.05, 4.69) is 5.10 Å². The molecule has 2 aliphatic carbocycles. The number of hydrogen-bond acceptors (Lipinski definition) is 3. The van der Waals surface area contributed by atoms with Crippen LogP contribution in [0.5, 0.6) is 0 Å². The molecular formula is C15H24N4O. The molecule has 1 aromatic heterocycles. The Hall–Kier alpha value is -1.52. The second-order valence-electron chi connectivity index (χ2n) is 6.38. The van der Waals surface area contributed by atoms with Gasteiger partial charge in [0, 0.05) is 20.1 Å². The number of anilines is 1. The summed E-state index contributed by atoms with van der Waals surface area (Å²) in [7, 11) is 1.89. The Labute approximate surface area is 120 Å². The minimum atomic E-state index is 0.00428. The van der Waals surface area contributed by atoms with E-state index in [1.54, 1.807) is 10.9 Å². The minimum Gasteiger partial charge on any atom is -0.396 e. The van der Waals surface area contributed by atoms with Crippen molar-refractivity contribution in [1.29, 1.82) is 0 Å². The van der Waals surface area contributed by atoms with Gasteiger partial charge in [0.2, 0.25) is 0 Å². The average molecular weight is 276 g/mol. The van der Waals surface area contributed by atoms with Gasteiger partial charge in [0.1, 0.15) is 5.69 Å². The summed E-state index contributed by atoms with van der Waals surface area (Å²) in [6.45, 7) is 3.49. The molecule has 2 aliphatic rings. The number of fused-ring (bicyclic) bond motifs is 2. The van der Waals surface area contributed by atoms with Crippen LogP contribution in [-0.2, 0) is 6.54 Å². The lowest BCUT2D eigenvalue weighted by Crippen LogP contribution is -2.35. The molecule has 2 saturated carbocycles. The molecule has 3 rings (SSSR count). The summed E-state index contributed by atoms with van der Waals surface area (Å²) < 4.78 is 1.69. The van der Waals surface area contributed by atoms with Crippen molar-refractivity contribution in [2.45, 2.75) is 39.2 Å². The van der Waals surface area contributed by atoms with Crippen molar-refractivity contribution in [3.63, 3.8) is 0 Å². The number of nitrogen functional groups attached to an aromatic ring is 1. The van der Waals surface area contributed by atoms with Gasteiger partial charge in [-0.3, -0.25) is 9.48 Å². The summed E-state index contributed by atoms with van der Waals surface area (Å²) in [5.74, 6) is 2.44. The lowest BCUT2D eigenvalue weighted by molar-refractivity contribution is 0.0743. The minimum absolute atomic E-state index is 0.00428. The molecule has 0 aromatic carbocycles. The fourth-order valence-corrected chi connectivity index (χ4v) is 4.09. The number of carbonyl (C=O) groups excluding carboxylic acids is 1. The highest BCUT2D eigenvalue weighted by molar-refractivity contribution is 5.97. The SMILES string of the molecule is CCn1ncc(N)c1C(=O)N(C)CC1CC2CCC1C2. The van der Waals surface area contributed by atoms with Crippen LogP contribution in [-0.4, -0.2) is 34.2 Å². The van der Waals surface area contributed by atoms with Crippen LogP contribution in [0, 0.1) is 17.8 Å². The molecule has 1 amide bonds. The maximum absolute atomic E-state index is 12.6. The summed E-state index contributed by atoms with van der Waals surface area (Å²) in [6.07, 6.45) is 7.00. The maximum Gasteiger partial charge on any atom is 0.274 e. The first-order valence-corrected chi connectivity index (χ1v) is 7.66. The second kappa shape index (κ2) is 5.11. The molecule has 3 atom stereocenters. The number of carbonyl (C=O) groups is 1. The van der Waals surface area contributed by atoms with Gasteiger partial charge in [-0.15, -0.1) is 0 Å². The molecule has 0 aliphatic heterocycles. The van der Waals surface area contributed by atoms with Gasteiger partial charge in [0.15, 0.2) is 0 Å². The molecule has 110 valence electrons. The number of hydrogen-bond donors (Lipinski definition) is 1. The van der Waals surface area contributed by atoms with Crippen LogP contribution in [0.2, 0.25) is 0 Å². The van der Waals surface area contributed by atoms with Crippen LogP contribution in [0.3, 0.4) is 0 Å². The molecule has 5 nitrogen and oxygen atoms in total. The topological polar surface area (TPSA) is 64.2 Å². The van der Waals surface area contributed by atoms with Gasteiger partial charge in [0.25, 0.3) is 5.91 Å². The molecule has 0 spiro atoms. The molecule has 1 heterocycles. The lowest BCUT2D eigenvalue weighted by atomic mass is 9.88. The van der Waals surface area contributed by atoms with Gasteiger partial charge in [-0.25, -0.2) is 0 Å². The number of nitrogens with zero attached hydrogens (tertiary/aromatic N) is 3.